The molecule has 2 N–H and O–H groups in total. The van der Waals surface area contributed by atoms with Crippen LogP contribution in [0.5, 0.6) is 0 Å². The Balaban J connectivity index is 1.92. The van der Waals surface area contributed by atoms with Crippen molar-refractivity contribution in [1.29, 1.82) is 0 Å². The van der Waals surface area contributed by atoms with Crippen LogP contribution in [0.1, 0.15) is 16.1 Å². The number of hydrogen-bond donors (Lipinski definition) is 2. The molecule has 21 heavy (non-hydrogen) atoms. The Labute approximate surface area is 121 Å². The largest absolute Gasteiger partial charge is 0.373 e. The normalized spacial score (nSPS) is 10.2. The number of benzene rings is 1. The number of rotatable bonds is 5. The van der Waals surface area contributed by atoms with Crippen molar-refractivity contribution in [3.63, 3.8) is 0 Å². The molecule has 0 fully saturated rings. The van der Waals surface area contributed by atoms with Crippen molar-refractivity contribution < 1.29 is 13.6 Å². The van der Waals surface area contributed by atoms with E-state index in [0.717, 1.165) is 6.07 Å². The number of pyridine rings is 1. The fourth-order valence-corrected chi connectivity index (χ4v) is 1.87. The summed E-state index contributed by atoms with van der Waals surface area (Å²) >= 11 is 0. The molecule has 1 aromatic carbocycles. The van der Waals surface area contributed by atoms with Crippen LogP contribution in [0.15, 0.2) is 36.4 Å². The van der Waals surface area contributed by atoms with E-state index >= 15 is 0 Å². The van der Waals surface area contributed by atoms with Crippen molar-refractivity contribution in [2.45, 2.75) is 6.42 Å². The number of carbonyl (C=O) groups excluding carboxylic acids is 1. The summed E-state index contributed by atoms with van der Waals surface area (Å²) in [5.74, 6) is -0.988. The number of nitrogens with one attached hydrogen (secondary N) is 2. The van der Waals surface area contributed by atoms with Gasteiger partial charge in [-0.1, -0.05) is 6.07 Å². The molecule has 1 heterocycles. The van der Waals surface area contributed by atoms with Crippen molar-refractivity contribution in [2.24, 2.45) is 0 Å². The molecule has 4 nitrogen and oxygen atoms in total. The number of anilines is 1. The Morgan fingerprint density at radius 1 is 1.19 bits per heavy atom. The number of aromatic nitrogens is 1. The molecule has 0 unspecified atom stereocenters. The van der Waals surface area contributed by atoms with E-state index in [1.165, 1.54) is 12.1 Å². The van der Waals surface area contributed by atoms with Gasteiger partial charge >= 0.3 is 0 Å². The molecule has 110 valence electrons. The smallest absolute Gasteiger partial charge is 0.269 e. The second kappa shape index (κ2) is 6.78. The fourth-order valence-electron chi connectivity index (χ4n) is 1.87. The van der Waals surface area contributed by atoms with Gasteiger partial charge in [-0.15, -0.1) is 0 Å². The molecule has 2 aromatic rings. The average molecular weight is 291 g/mol. The van der Waals surface area contributed by atoms with Gasteiger partial charge < -0.3 is 10.6 Å². The van der Waals surface area contributed by atoms with E-state index in [0.29, 0.717) is 17.8 Å². The van der Waals surface area contributed by atoms with Gasteiger partial charge in [0.25, 0.3) is 5.91 Å². The number of carbonyl (C=O) groups is 1. The number of amides is 1. The molecular weight excluding hydrogens is 276 g/mol. The molecule has 0 saturated heterocycles. The van der Waals surface area contributed by atoms with Crippen LogP contribution < -0.4 is 10.6 Å². The lowest BCUT2D eigenvalue weighted by atomic mass is 10.1. The quantitative estimate of drug-likeness (QED) is 0.889. The predicted octanol–water partition coefficient (Wildman–Crippen LogP) is 2.37. The second-order valence-corrected chi connectivity index (χ2v) is 4.44. The Hall–Kier alpha value is -2.50. The number of hydrogen-bond acceptors (Lipinski definition) is 3. The van der Waals surface area contributed by atoms with Crippen LogP contribution in [0.2, 0.25) is 0 Å². The predicted molar refractivity (Wildman–Crippen MR) is 76.2 cm³/mol. The summed E-state index contributed by atoms with van der Waals surface area (Å²) in [5, 5.41) is 5.51. The molecule has 0 aliphatic rings. The first-order chi connectivity index (χ1) is 10.1. The van der Waals surface area contributed by atoms with E-state index in [4.69, 9.17) is 0 Å². The molecule has 0 atom stereocenters. The second-order valence-electron chi connectivity index (χ2n) is 4.44. The van der Waals surface area contributed by atoms with Crippen molar-refractivity contribution in [3.8, 4) is 0 Å². The summed E-state index contributed by atoms with van der Waals surface area (Å²) in [4.78, 5) is 16.0. The van der Waals surface area contributed by atoms with Crippen LogP contribution in [0, 0.1) is 11.6 Å². The van der Waals surface area contributed by atoms with Gasteiger partial charge in [-0.25, -0.2) is 13.8 Å². The van der Waals surface area contributed by atoms with Gasteiger partial charge in [-0.2, -0.15) is 0 Å². The maximum absolute atomic E-state index is 13.0. The fraction of sp³-hybridized carbons (Fsp3) is 0.200. The molecule has 0 spiro atoms. The lowest BCUT2D eigenvalue weighted by molar-refractivity contribution is 0.0949. The van der Waals surface area contributed by atoms with E-state index in [9.17, 15) is 13.6 Å². The first-order valence-electron chi connectivity index (χ1n) is 6.46. The summed E-state index contributed by atoms with van der Waals surface area (Å²) in [5.41, 5.74) is 0.775. The van der Waals surface area contributed by atoms with Crippen molar-refractivity contribution in [2.75, 3.05) is 18.9 Å². The molecule has 1 amide bonds. The van der Waals surface area contributed by atoms with Crippen LogP contribution in [0.3, 0.4) is 0 Å². The summed E-state index contributed by atoms with van der Waals surface area (Å²) in [7, 11) is 1.71. The zero-order valence-electron chi connectivity index (χ0n) is 11.5. The molecule has 0 saturated carbocycles. The topological polar surface area (TPSA) is 54.0 Å². The van der Waals surface area contributed by atoms with Gasteiger partial charge in [0.05, 0.1) is 0 Å². The van der Waals surface area contributed by atoms with E-state index in [-0.39, 0.29) is 18.1 Å². The Kier molecular flexibility index (Phi) is 4.81. The van der Waals surface area contributed by atoms with Crippen molar-refractivity contribution in [3.05, 3.63) is 59.3 Å². The van der Waals surface area contributed by atoms with E-state index in [2.05, 4.69) is 15.6 Å². The third-order valence-corrected chi connectivity index (χ3v) is 2.86. The standard InChI is InChI=1S/C15H15F2N3O/c1-18-14-4-2-3-13(20-14)15(21)19-6-5-10-7-11(16)9-12(17)8-10/h2-4,7-9H,5-6H2,1H3,(H,18,20)(H,19,21). The monoisotopic (exact) mass is 291 g/mol. The van der Waals surface area contributed by atoms with E-state index in [1.54, 1.807) is 25.2 Å². The Morgan fingerprint density at radius 2 is 1.90 bits per heavy atom. The molecule has 0 aliphatic heterocycles. The van der Waals surface area contributed by atoms with Crippen LogP contribution in [0.25, 0.3) is 0 Å². The highest BCUT2D eigenvalue weighted by atomic mass is 19.1. The zero-order chi connectivity index (χ0) is 15.2. The summed E-state index contributed by atoms with van der Waals surface area (Å²) in [6, 6.07) is 8.36. The first-order valence-corrected chi connectivity index (χ1v) is 6.46. The average Bonchev–Trinajstić information content (AvgIpc) is 2.46. The van der Waals surface area contributed by atoms with Crippen LogP contribution in [-0.2, 0) is 6.42 Å². The summed E-state index contributed by atoms with van der Waals surface area (Å²) < 4.78 is 26.0. The maximum Gasteiger partial charge on any atom is 0.269 e. The van der Waals surface area contributed by atoms with Crippen LogP contribution in [-0.4, -0.2) is 24.5 Å². The van der Waals surface area contributed by atoms with E-state index < -0.39 is 11.6 Å². The molecule has 2 rings (SSSR count). The van der Waals surface area contributed by atoms with Gasteiger partial charge in [0, 0.05) is 19.7 Å². The van der Waals surface area contributed by atoms with E-state index in [1.807, 2.05) is 0 Å². The van der Waals surface area contributed by atoms with Gasteiger partial charge in [0.1, 0.15) is 23.1 Å². The SMILES string of the molecule is CNc1cccc(C(=O)NCCc2cc(F)cc(F)c2)n1. The minimum atomic E-state index is -0.625. The van der Waals surface area contributed by atoms with Crippen molar-refractivity contribution >= 4 is 11.7 Å². The number of halogens is 2. The Morgan fingerprint density at radius 3 is 2.57 bits per heavy atom. The summed E-state index contributed by atoms with van der Waals surface area (Å²) in [6.45, 7) is 0.271. The molecule has 0 radical (unpaired) electrons. The third-order valence-electron chi connectivity index (χ3n) is 2.86. The zero-order valence-corrected chi connectivity index (χ0v) is 11.5. The van der Waals surface area contributed by atoms with Gasteiger partial charge in [-0.3, -0.25) is 4.79 Å². The van der Waals surface area contributed by atoms with Crippen LogP contribution in [0.4, 0.5) is 14.6 Å². The van der Waals surface area contributed by atoms with Crippen LogP contribution >= 0.6 is 0 Å². The molecule has 0 bridgehead atoms. The Bertz CT molecular complexity index is 626. The first kappa shape index (κ1) is 14.9. The summed E-state index contributed by atoms with van der Waals surface area (Å²) in [6.07, 6.45) is 0.339. The van der Waals surface area contributed by atoms with Gasteiger partial charge in [0.15, 0.2) is 0 Å². The van der Waals surface area contributed by atoms with Gasteiger partial charge in [-0.05, 0) is 36.2 Å². The maximum atomic E-state index is 13.0. The highest BCUT2D eigenvalue weighted by molar-refractivity contribution is 5.92. The number of nitrogens with zero attached hydrogens (tertiary/aromatic N) is 1. The molecule has 1 aromatic heterocycles. The molecule has 0 aliphatic carbocycles. The lowest BCUT2D eigenvalue weighted by Gasteiger charge is -2.06. The minimum Gasteiger partial charge on any atom is -0.373 e. The highest BCUT2D eigenvalue weighted by Gasteiger charge is 2.07. The highest BCUT2D eigenvalue weighted by Crippen LogP contribution is 2.08. The minimum absolute atomic E-state index is 0.271. The van der Waals surface area contributed by atoms with Gasteiger partial charge in [0.2, 0.25) is 0 Å². The van der Waals surface area contributed by atoms with Crippen molar-refractivity contribution in [1.82, 2.24) is 10.3 Å². The third kappa shape index (κ3) is 4.24. The lowest BCUT2D eigenvalue weighted by Crippen LogP contribution is -2.26. The molecule has 6 heteroatoms. The molecular formula is C15H15F2N3O.